The van der Waals surface area contributed by atoms with Crippen molar-refractivity contribution >= 4 is 17.2 Å². The number of thiazole rings is 1. The monoisotopic (exact) mass is 235 g/mol. The van der Waals surface area contributed by atoms with Crippen LogP contribution in [-0.2, 0) is 6.42 Å². The van der Waals surface area contributed by atoms with Gasteiger partial charge in [-0.1, -0.05) is 6.07 Å². The second-order valence-corrected chi connectivity index (χ2v) is 4.15. The molecule has 0 fully saturated rings. The summed E-state index contributed by atoms with van der Waals surface area (Å²) in [5.74, 6) is 1.45. The Morgan fingerprint density at radius 1 is 1.44 bits per heavy atom. The van der Waals surface area contributed by atoms with E-state index in [1.807, 2.05) is 29.8 Å². The number of anilines is 1. The van der Waals surface area contributed by atoms with Crippen LogP contribution < -0.4 is 10.1 Å². The zero-order chi connectivity index (χ0) is 11.2. The van der Waals surface area contributed by atoms with Gasteiger partial charge < -0.3 is 10.1 Å². The predicted molar refractivity (Wildman–Crippen MR) is 65.1 cm³/mol. The molecule has 2 aromatic rings. The Labute approximate surface area is 98.3 Å². The van der Waals surface area contributed by atoms with Crippen molar-refractivity contribution in [2.75, 3.05) is 19.0 Å². The molecule has 0 aliphatic rings. The minimum atomic E-state index is 0.624. The number of nitrogens with one attached hydrogen (secondary N) is 1. The van der Waals surface area contributed by atoms with E-state index in [9.17, 15) is 0 Å². The van der Waals surface area contributed by atoms with Crippen molar-refractivity contribution in [2.45, 2.75) is 6.42 Å². The number of hydrogen-bond donors (Lipinski definition) is 1. The van der Waals surface area contributed by atoms with Crippen molar-refractivity contribution in [3.63, 3.8) is 0 Å². The molecule has 5 heteroatoms. The predicted octanol–water partition coefficient (Wildman–Crippen LogP) is 2.20. The van der Waals surface area contributed by atoms with Crippen molar-refractivity contribution in [3.05, 3.63) is 34.8 Å². The van der Waals surface area contributed by atoms with E-state index in [0.29, 0.717) is 5.88 Å². The highest BCUT2D eigenvalue weighted by Crippen LogP contribution is 2.11. The largest absolute Gasteiger partial charge is 0.481 e. The van der Waals surface area contributed by atoms with E-state index < -0.39 is 0 Å². The fraction of sp³-hybridized carbons (Fsp3) is 0.273. The molecule has 2 heterocycles. The second kappa shape index (κ2) is 5.46. The Morgan fingerprint density at radius 2 is 2.38 bits per heavy atom. The molecular formula is C11H13N3OS. The van der Waals surface area contributed by atoms with Gasteiger partial charge >= 0.3 is 0 Å². The van der Waals surface area contributed by atoms with Gasteiger partial charge in [-0.05, 0) is 6.07 Å². The number of hydrogen-bond acceptors (Lipinski definition) is 5. The Morgan fingerprint density at radius 3 is 3.12 bits per heavy atom. The van der Waals surface area contributed by atoms with Crippen LogP contribution in [0, 0.1) is 0 Å². The van der Waals surface area contributed by atoms with Crippen molar-refractivity contribution in [3.8, 4) is 5.88 Å². The zero-order valence-corrected chi connectivity index (χ0v) is 9.83. The molecule has 0 saturated carbocycles. The molecule has 0 unspecified atom stereocenters. The van der Waals surface area contributed by atoms with Gasteiger partial charge in [0, 0.05) is 30.6 Å². The van der Waals surface area contributed by atoms with Crippen LogP contribution in [0.4, 0.5) is 5.82 Å². The first kappa shape index (κ1) is 10.9. The van der Waals surface area contributed by atoms with Gasteiger partial charge in [-0.3, -0.25) is 0 Å². The summed E-state index contributed by atoms with van der Waals surface area (Å²) in [6.07, 6.45) is 2.74. The summed E-state index contributed by atoms with van der Waals surface area (Å²) in [7, 11) is 1.61. The van der Waals surface area contributed by atoms with Crippen LogP contribution in [-0.4, -0.2) is 23.6 Å². The van der Waals surface area contributed by atoms with Crippen LogP contribution in [0.5, 0.6) is 5.88 Å². The van der Waals surface area contributed by atoms with Gasteiger partial charge in [-0.2, -0.15) is 4.98 Å². The molecule has 0 bridgehead atoms. The molecule has 0 atom stereocenters. The molecule has 0 radical (unpaired) electrons. The Hall–Kier alpha value is -1.62. The molecule has 0 aliphatic heterocycles. The summed E-state index contributed by atoms with van der Waals surface area (Å²) in [5, 5.41) is 6.35. The maximum Gasteiger partial charge on any atom is 0.214 e. The topological polar surface area (TPSA) is 47.0 Å². The van der Waals surface area contributed by atoms with E-state index in [2.05, 4.69) is 15.3 Å². The number of aromatic nitrogens is 2. The molecule has 0 amide bonds. The molecule has 2 rings (SSSR count). The van der Waals surface area contributed by atoms with E-state index in [1.54, 1.807) is 18.4 Å². The number of pyridine rings is 1. The van der Waals surface area contributed by atoms with Gasteiger partial charge in [0.05, 0.1) is 12.1 Å². The van der Waals surface area contributed by atoms with E-state index >= 15 is 0 Å². The summed E-state index contributed by atoms with van der Waals surface area (Å²) in [5.41, 5.74) is 0. The maximum atomic E-state index is 5.05. The number of methoxy groups -OCH3 is 1. The average molecular weight is 235 g/mol. The van der Waals surface area contributed by atoms with E-state index in [0.717, 1.165) is 23.8 Å². The molecule has 0 spiro atoms. The summed E-state index contributed by atoms with van der Waals surface area (Å²) in [6.45, 7) is 0.827. The second-order valence-electron chi connectivity index (χ2n) is 3.17. The molecule has 0 aromatic carbocycles. The molecule has 0 aliphatic carbocycles. The first-order valence-corrected chi connectivity index (χ1v) is 5.90. The van der Waals surface area contributed by atoms with Gasteiger partial charge in [0.2, 0.25) is 5.88 Å². The van der Waals surface area contributed by atoms with E-state index in [-0.39, 0.29) is 0 Å². The van der Waals surface area contributed by atoms with Crippen LogP contribution in [0.3, 0.4) is 0 Å². The molecule has 16 heavy (non-hydrogen) atoms. The maximum absolute atomic E-state index is 5.05. The van der Waals surface area contributed by atoms with Gasteiger partial charge in [-0.15, -0.1) is 11.3 Å². The van der Waals surface area contributed by atoms with Crippen molar-refractivity contribution in [1.82, 2.24) is 9.97 Å². The third-order valence-electron chi connectivity index (χ3n) is 2.06. The molecule has 0 saturated heterocycles. The number of ether oxygens (including phenoxy) is 1. The lowest BCUT2D eigenvalue weighted by molar-refractivity contribution is 0.398. The lowest BCUT2D eigenvalue weighted by atomic mass is 10.4. The molecule has 84 valence electrons. The van der Waals surface area contributed by atoms with Crippen LogP contribution in [0.1, 0.15) is 5.01 Å². The first-order chi connectivity index (χ1) is 7.88. The molecule has 2 aromatic heterocycles. The van der Waals surface area contributed by atoms with Gasteiger partial charge in [0.25, 0.3) is 0 Å². The minimum Gasteiger partial charge on any atom is -0.481 e. The fourth-order valence-corrected chi connectivity index (χ4v) is 1.92. The quantitative estimate of drug-likeness (QED) is 0.863. The van der Waals surface area contributed by atoms with Crippen LogP contribution in [0.15, 0.2) is 29.8 Å². The van der Waals surface area contributed by atoms with Crippen LogP contribution in [0.2, 0.25) is 0 Å². The Balaban J connectivity index is 1.85. The highest BCUT2D eigenvalue weighted by Gasteiger charge is 1.98. The number of nitrogens with zero attached hydrogens (tertiary/aromatic N) is 2. The molecule has 4 nitrogen and oxygen atoms in total. The zero-order valence-electron chi connectivity index (χ0n) is 9.01. The standard InChI is InChI=1S/C11H13N3OS/c1-15-10-4-2-3-9(14-10)12-6-5-11-13-7-8-16-11/h2-4,7-8H,5-6H2,1H3,(H,12,14). The Bertz CT molecular complexity index is 431. The summed E-state index contributed by atoms with van der Waals surface area (Å²) in [4.78, 5) is 8.47. The normalized spacial score (nSPS) is 10.1. The van der Waals surface area contributed by atoms with Gasteiger partial charge in [0.15, 0.2) is 0 Å². The van der Waals surface area contributed by atoms with Crippen LogP contribution in [0.25, 0.3) is 0 Å². The van der Waals surface area contributed by atoms with Crippen molar-refractivity contribution in [2.24, 2.45) is 0 Å². The third kappa shape index (κ3) is 2.93. The van der Waals surface area contributed by atoms with Gasteiger partial charge in [0.1, 0.15) is 5.82 Å². The summed E-state index contributed by atoms with van der Waals surface area (Å²) in [6, 6.07) is 5.66. The highest BCUT2D eigenvalue weighted by atomic mass is 32.1. The fourth-order valence-electron chi connectivity index (χ4n) is 1.30. The highest BCUT2D eigenvalue weighted by molar-refractivity contribution is 7.09. The van der Waals surface area contributed by atoms with Crippen molar-refractivity contribution < 1.29 is 4.74 Å². The molecule has 1 N–H and O–H groups in total. The lowest BCUT2D eigenvalue weighted by Crippen LogP contribution is -2.06. The van der Waals surface area contributed by atoms with Crippen molar-refractivity contribution in [1.29, 1.82) is 0 Å². The third-order valence-corrected chi connectivity index (χ3v) is 2.90. The lowest BCUT2D eigenvalue weighted by Gasteiger charge is -2.05. The minimum absolute atomic E-state index is 0.624. The molecular weight excluding hydrogens is 222 g/mol. The summed E-state index contributed by atoms with van der Waals surface area (Å²) < 4.78 is 5.05. The van der Waals surface area contributed by atoms with E-state index in [4.69, 9.17) is 4.74 Å². The Kier molecular flexibility index (Phi) is 3.71. The van der Waals surface area contributed by atoms with Gasteiger partial charge in [-0.25, -0.2) is 4.98 Å². The SMILES string of the molecule is COc1cccc(NCCc2nccs2)n1. The number of rotatable bonds is 5. The van der Waals surface area contributed by atoms with E-state index in [1.165, 1.54) is 0 Å². The van der Waals surface area contributed by atoms with Crippen LogP contribution >= 0.6 is 11.3 Å². The first-order valence-electron chi connectivity index (χ1n) is 5.02. The average Bonchev–Trinajstić information content (AvgIpc) is 2.82. The summed E-state index contributed by atoms with van der Waals surface area (Å²) >= 11 is 1.67. The smallest absolute Gasteiger partial charge is 0.214 e.